The number of carboxylic acids is 1. The van der Waals surface area contributed by atoms with Crippen LogP contribution in [0.1, 0.15) is 36.0 Å². The van der Waals surface area contributed by atoms with Crippen molar-refractivity contribution in [2.75, 3.05) is 0 Å². The highest BCUT2D eigenvalue weighted by atomic mass is 32.1. The minimum atomic E-state index is -0.842. The zero-order valence-corrected chi connectivity index (χ0v) is 15.7. The molecule has 2 nitrogen and oxygen atoms in total. The Kier molecular flexibility index (Phi) is 7.97. The summed E-state index contributed by atoms with van der Waals surface area (Å²) in [6, 6.07) is 32.0. The molecule has 1 unspecified atom stereocenters. The van der Waals surface area contributed by atoms with Crippen LogP contribution in [0.3, 0.4) is 0 Å². The summed E-state index contributed by atoms with van der Waals surface area (Å²) in [4.78, 5) is 9.85. The third-order valence-corrected chi connectivity index (χ3v) is 4.66. The standard InChI is InChI=1S/C19H16.C4H8O2S/c1-4-10-16(11-5-1)19(17-12-6-2-7-13-17)18-14-8-3-9-15-18;1-2-3(7)4(5)6/h1-15,19H;3,7H,2H2,1H3,(H,5,6). The highest BCUT2D eigenvalue weighted by Gasteiger charge is 2.15. The Bertz CT molecular complexity index is 679. The number of thiol groups is 1. The van der Waals surface area contributed by atoms with E-state index >= 15 is 0 Å². The van der Waals surface area contributed by atoms with E-state index in [1.54, 1.807) is 6.92 Å². The quantitative estimate of drug-likeness (QED) is 0.454. The first-order valence-electron chi connectivity index (χ1n) is 8.69. The van der Waals surface area contributed by atoms with Crippen molar-refractivity contribution in [3.05, 3.63) is 108 Å². The number of aliphatic carboxylic acids is 1. The molecule has 1 N–H and O–H groups in total. The second-order valence-electron chi connectivity index (χ2n) is 5.93. The van der Waals surface area contributed by atoms with E-state index in [2.05, 4.69) is 104 Å². The first kappa shape index (κ1) is 19.8. The smallest absolute Gasteiger partial charge is 0.316 e. The number of hydrogen-bond acceptors (Lipinski definition) is 2. The van der Waals surface area contributed by atoms with Gasteiger partial charge in [-0.2, -0.15) is 12.6 Å². The van der Waals surface area contributed by atoms with Crippen molar-refractivity contribution in [2.45, 2.75) is 24.5 Å². The van der Waals surface area contributed by atoms with Crippen molar-refractivity contribution in [1.29, 1.82) is 0 Å². The normalized spacial score (nSPS) is 11.3. The summed E-state index contributed by atoms with van der Waals surface area (Å²) >= 11 is 3.73. The van der Waals surface area contributed by atoms with Crippen molar-refractivity contribution in [1.82, 2.24) is 0 Å². The fourth-order valence-electron chi connectivity index (χ4n) is 2.69. The molecule has 0 aromatic heterocycles. The fraction of sp³-hybridized carbons (Fsp3) is 0.174. The molecule has 0 spiro atoms. The van der Waals surface area contributed by atoms with Crippen LogP contribution in [0, 0.1) is 0 Å². The Morgan fingerprint density at radius 2 is 1.08 bits per heavy atom. The summed E-state index contributed by atoms with van der Waals surface area (Å²) < 4.78 is 0. The van der Waals surface area contributed by atoms with Crippen molar-refractivity contribution in [2.24, 2.45) is 0 Å². The Hall–Kier alpha value is -2.52. The molecule has 0 aliphatic heterocycles. The molecule has 0 bridgehead atoms. The predicted molar refractivity (Wildman–Crippen MR) is 111 cm³/mol. The number of rotatable bonds is 5. The maximum atomic E-state index is 9.85. The second-order valence-corrected chi connectivity index (χ2v) is 6.55. The van der Waals surface area contributed by atoms with Gasteiger partial charge in [-0.05, 0) is 23.1 Å². The van der Waals surface area contributed by atoms with E-state index < -0.39 is 11.2 Å². The molecule has 134 valence electrons. The number of carbonyl (C=O) groups is 1. The molecule has 3 aromatic carbocycles. The molecule has 0 aliphatic rings. The Balaban J connectivity index is 0.000000298. The molecule has 0 fully saturated rings. The first-order chi connectivity index (χ1) is 12.6. The monoisotopic (exact) mass is 364 g/mol. The highest BCUT2D eigenvalue weighted by molar-refractivity contribution is 7.81. The van der Waals surface area contributed by atoms with Crippen LogP contribution in [0.2, 0.25) is 0 Å². The zero-order valence-electron chi connectivity index (χ0n) is 14.8. The van der Waals surface area contributed by atoms with Crippen molar-refractivity contribution >= 4 is 18.6 Å². The fourth-order valence-corrected chi connectivity index (χ4v) is 2.69. The second kappa shape index (κ2) is 10.5. The Labute approximate surface area is 160 Å². The third-order valence-electron chi connectivity index (χ3n) is 4.07. The van der Waals surface area contributed by atoms with Crippen LogP contribution in [0.4, 0.5) is 0 Å². The van der Waals surface area contributed by atoms with Gasteiger partial charge < -0.3 is 5.11 Å². The SMILES string of the molecule is CCC(S)C(=O)O.c1ccc(C(c2ccccc2)c2ccccc2)cc1. The number of hydrogen-bond donors (Lipinski definition) is 2. The molecular weight excluding hydrogens is 340 g/mol. The molecule has 0 saturated carbocycles. The van der Waals surface area contributed by atoms with Crippen LogP contribution in [-0.2, 0) is 4.79 Å². The van der Waals surface area contributed by atoms with Crippen LogP contribution in [-0.4, -0.2) is 16.3 Å². The summed E-state index contributed by atoms with van der Waals surface area (Å²) in [6.45, 7) is 1.78. The van der Waals surface area contributed by atoms with Crippen LogP contribution in [0.25, 0.3) is 0 Å². The molecule has 1 atom stereocenters. The predicted octanol–water partition coefficient (Wildman–Crippen LogP) is 5.65. The Morgan fingerprint density at radius 1 is 0.769 bits per heavy atom. The minimum Gasteiger partial charge on any atom is -0.480 e. The van der Waals surface area contributed by atoms with Crippen molar-refractivity contribution in [3.8, 4) is 0 Å². The van der Waals surface area contributed by atoms with Crippen molar-refractivity contribution in [3.63, 3.8) is 0 Å². The van der Waals surface area contributed by atoms with Gasteiger partial charge in [0.15, 0.2) is 0 Å². The van der Waals surface area contributed by atoms with Crippen LogP contribution < -0.4 is 0 Å². The van der Waals surface area contributed by atoms with E-state index in [-0.39, 0.29) is 0 Å². The number of benzene rings is 3. The van der Waals surface area contributed by atoms with Gasteiger partial charge in [-0.25, -0.2) is 0 Å². The topological polar surface area (TPSA) is 37.3 Å². The molecule has 26 heavy (non-hydrogen) atoms. The maximum Gasteiger partial charge on any atom is 0.316 e. The lowest BCUT2D eigenvalue weighted by Gasteiger charge is -2.18. The first-order valence-corrected chi connectivity index (χ1v) is 9.20. The van der Waals surface area contributed by atoms with Crippen LogP contribution >= 0.6 is 12.6 Å². The zero-order chi connectivity index (χ0) is 18.8. The molecule has 0 radical (unpaired) electrons. The van der Waals surface area contributed by atoms with Gasteiger partial charge in [0.1, 0.15) is 0 Å². The molecule has 0 aliphatic carbocycles. The van der Waals surface area contributed by atoms with E-state index in [1.165, 1.54) is 16.7 Å². The molecule has 0 heterocycles. The Morgan fingerprint density at radius 3 is 1.27 bits per heavy atom. The summed E-state index contributed by atoms with van der Waals surface area (Å²) in [5.41, 5.74) is 4.00. The van der Waals surface area contributed by atoms with Gasteiger partial charge in [0.2, 0.25) is 0 Å². The van der Waals surface area contributed by atoms with Gasteiger partial charge in [0.25, 0.3) is 0 Å². The summed E-state index contributed by atoms with van der Waals surface area (Å²) in [7, 11) is 0. The van der Waals surface area contributed by atoms with Gasteiger partial charge in [0, 0.05) is 5.92 Å². The van der Waals surface area contributed by atoms with Crippen molar-refractivity contribution < 1.29 is 9.90 Å². The maximum absolute atomic E-state index is 9.85. The van der Waals surface area contributed by atoms with Gasteiger partial charge >= 0.3 is 5.97 Å². The molecule has 0 saturated heterocycles. The minimum absolute atomic E-state index is 0.309. The average molecular weight is 365 g/mol. The molecule has 3 heteroatoms. The van der Waals surface area contributed by atoms with Gasteiger partial charge in [-0.3, -0.25) is 4.79 Å². The van der Waals surface area contributed by atoms with E-state index in [0.717, 1.165) is 0 Å². The average Bonchev–Trinajstić information content (AvgIpc) is 2.70. The third kappa shape index (κ3) is 5.78. The van der Waals surface area contributed by atoms with Crippen LogP contribution in [0.5, 0.6) is 0 Å². The van der Waals surface area contributed by atoms with Gasteiger partial charge in [-0.15, -0.1) is 0 Å². The largest absolute Gasteiger partial charge is 0.480 e. The van der Waals surface area contributed by atoms with Gasteiger partial charge in [0.05, 0.1) is 5.25 Å². The van der Waals surface area contributed by atoms with E-state index in [4.69, 9.17) is 5.11 Å². The lowest BCUT2D eigenvalue weighted by atomic mass is 9.85. The number of carboxylic acid groups (broad SMARTS) is 1. The lowest BCUT2D eigenvalue weighted by Crippen LogP contribution is -2.10. The summed E-state index contributed by atoms with van der Waals surface area (Å²) in [5.74, 6) is -0.533. The highest BCUT2D eigenvalue weighted by Crippen LogP contribution is 2.31. The molecule has 3 aromatic rings. The van der Waals surface area contributed by atoms with E-state index in [9.17, 15) is 4.79 Å². The molecule has 0 amide bonds. The van der Waals surface area contributed by atoms with Crippen LogP contribution in [0.15, 0.2) is 91.0 Å². The lowest BCUT2D eigenvalue weighted by molar-refractivity contribution is -0.136. The van der Waals surface area contributed by atoms with E-state index in [0.29, 0.717) is 12.3 Å². The van der Waals surface area contributed by atoms with E-state index in [1.807, 2.05) is 0 Å². The summed E-state index contributed by atoms with van der Waals surface area (Å²) in [6.07, 6.45) is 0.582. The van der Waals surface area contributed by atoms with Gasteiger partial charge in [-0.1, -0.05) is 97.9 Å². The summed E-state index contributed by atoms with van der Waals surface area (Å²) in [5, 5.41) is 7.62. The molecule has 3 rings (SSSR count). The molecular formula is C23H24O2S.